The number of phenols is 1. The molecular weight excluding hydrogens is 479 g/mol. The molecule has 0 fully saturated rings. The van der Waals surface area contributed by atoms with Gasteiger partial charge in [0.15, 0.2) is 0 Å². The predicted molar refractivity (Wildman–Crippen MR) is 83.3 cm³/mol. The van der Waals surface area contributed by atoms with Gasteiger partial charge in [0.05, 0.1) is 0 Å². The first-order valence-corrected chi connectivity index (χ1v) is 8.07. The van der Waals surface area contributed by atoms with E-state index in [9.17, 15) is 57.1 Å². The van der Waals surface area contributed by atoms with Crippen molar-refractivity contribution >= 4 is 0 Å². The number of hydrogen-bond acceptors (Lipinski definition) is 1. The largest absolute Gasteiger partial charge is 0.508 e. The number of hydrogen-bond donors (Lipinski definition) is 1. The summed E-state index contributed by atoms with van der Waals surface area (Å²) in [5, 5.41) is 9.15. The van der Waals surface area contributed by atoms with Crippen molar-refractivity contribution in [2.75, 3.05) is 0 Å². The van der Waals surface area contributed by atoms with Crippen molar-refractivity contribution < 1.29 is 62.2 Å². The number of alkyl halides is 13. The lowest BCUT2D eigenvalue weighted by molar-refractivity contribution is -0.441. The van der Waals surface area contributed by atoms with Gasteiger partial charge >= 0.3 is 35.8 Å². The Morgan fingerprint density at radius 1 is 0.438 bits per heavy atom. The van der Waals surface area contributed by atoms with Crippen molar-refractivity contribution in [3.63, 3.8) is 0 Å². The van der Waals surface area contributed by atoms with Gasteiger partial charge in [-0.25, -0.2) is 0 Å². The Balaban J connectivity index is 2.50. The third-order valence-electron chi connectivity index (χ3n) is 4.38. The second kappa shape index (κ2) is 7.44. The third kappa shape index (κ3) is 3.62. The highest BCUT2D eigenvalue weighted by atomic mass is 19.4. The van der Waals surface area contributed by atoms with E-state index in [0.717, 1.165) is 12.1 Å². The van der Waals surface area contributed by atoms with E-state index in [1.54, 1.807) is 0 Å². The van der Waals surface area contributed by atoms with Crippen LogP contribution in [0.15, 0.2) is 48.5 Å². The molecule has 0 unspecified atom stereocenters. The molecule has 0 bridgehead atoms. The van der Waals surface area contributed by atoms with Crippen LogP contribution in [0.3, 0.4) is 0 Å². The minimum Gasteiger partial charge on any atom is -0.508 e. The summed E-state index contributed by atoms with van der Waals surface area (Å²) in [4.78, 5) is 0. The quantitative estimate of drug-likeness (QED) is 0.425. The molecule has 0 aliphatic rings. The fourth-order valence-corrected chi connectivity index (χ4v) is 2.48. The molecule has 0 aliphatic carbocycles. The zero-order chi connectivity index (χ0) is 25.0. The molecular formula is C18H9F13O. The predicted octanol–water partition coefficient (Wildman–Crippen LogP) is 7.25. The molecule has 178 valence electrons. The maximum atomic E-state index is 14.1. The van der Waals surface area contributed by atoms with Gasteiger partial charge in [-0.1, -0.05) is 36.4 Å². The van der Waals surface area contributed by atoms with Gasteiger partial charge in [-0.2, -0.15) is 57.1 Å². The van der Waals surface area contributed by atoms with Crippen molar-refractivity contribution in [2.45, 2.75) is 35.8 Å². The summed E-state index contributed by atoms with van der Waals surface area (Å²) in [5.74, 6) is -37.4. The van der Waals surface area contributed by atoms with E-state index in [0.29, 0.717) is 12.1 Å². The molecule has 0 aliphatic heterocycles. The van der Waals surface area contributed by atoms with Gasteiger partial charge in [0.1, 0.15) is 5.75 Å². The Hall–Kier alpha value is -2.67. The summed E-state index contributed by atoms with van der Waals surface area (Å²) in [5.41, 5.74) is -1.87. The van der Waals surface area contributed by atoms with Crippen LogP contribution in [0.1, 0.15) is 5.56 Å². The number of aromatic hydroxyl groups is 1. The lowest BCUT2D eigenvalue weighted by atomic mass is 9.90. The van der Waals surface area contributed by atoms with Crippen LogP contribution in [0.5, 0.6) is 5.75 Å². The van der Waals surface area contributed by atoms with E-state index < -0.39 is 41.4 Å². The molecule has 0 radical (unpaired) electrons. The average molecular weight is 488 g/mol. The van der Waals surface area contributed by atoms with Crippen molar-refractivity contribution in [3.05, 3.63) is 54.1 Å². The molecule has 0 spiro atoms. The summed E-state index contributed by atoms with van der Waals surface area (Å²) in [6, 6.07) is 6.16. The van der Waals surface area contributed by atoms with Crippen LogP contribution in [0, 0.1) is 0 Å². The summed E-state index contributed by atoms with van der Waals surface area (Å²) in [6.07, 6.45) is -7.45. The first-order chi connectivity index (χ1) is 14.2. The van der Waals surface area contributed by atoms with E-state index in [1.807, 2.05) is 0 Å². The number of halogens is 13. The third-order valence-corrected chi connectivity index (χ3v) is 4.38. The average Bonchev–Trinajstić information content (AvgIpc) is 2.67. The molecule has 0 atom stereocenters. The van der Waals surface area contributed by atoms with Crippen LogP contribution >= 0.6 is 0 Å². The maximum Gasteiger partial charge on any atom is 0.460 e. The number of phenolic OH excluding ortho intramolecular Hbond substituents is 1. The van der Waals surface area contributed by atoms with Crippen LogP contribution in [0.25, 0.3) is 11.1 Å². The van der Waals surface area contributed by atoms with Crippen molar-refractivity contribution in [3.8, 4) is 16.9 Å². The lowest BCUT2D eigenvalue weighted by Gasteiger charge is -2.39. The zero-order valence-corrected chi connectivity index (χ0v) is 15.0. The van der Waals surface area contributed by atoms with Gasteiger partial charge < -0.3 is 5.11 Å². The van der Waals surface area contributed by atoms with Crippen LogP contribution < -0.4 is 0 Å². The van der Waals surface area contributed by atoms with Crippen LogP contribution in [0.4, 0.5) is 57.1 Å². The number of benzene rings is 2. The Morgan fingerprint density at radius 3 is 1.16 bits per heavy atom. The van der Waals surface area contributed by atoms with Crippen molar-refractivity contribution in [2.24, 2.45) is 0 Å². The molecule has 0 saturated heterocycles. The van der Waals surface area contributed by atoms with Gasteiger partial charge in [-0.3, -0.25) is 0 Å². The second-order valence-corrected chi connectivity index (χ2v) is 6.49. The molecule has 2 aromatic carbocycles. The van der Waals surface area contributed by atoms with E-state index in [-0.39, 0.29) is 29.0 Å². The maximum absolute atomic E-state index is 14.1. The fourth-order valence-electron chi connectivity index (χ4n) is 2.48. The highest BCUT2D eigenvalue weighted by Crippen LogP contribution is 2.62. The topological polar surface area (TPSA) is 20.2 Å². The minimum atomic E-state index is -7.93. The summed E-state index contributed by atoms with van der Waals surface area (Å²) in [6.45, 7) is 0. The molecule has 1 nitrogen and oxygen atoms in total. The first kappa shape index (κ1) is 25.6. The molecule has 0 amide bonds. The monoisotopic (exact) mass is 488 g/mol. The van der Waals surface area contributed by atoms with Crippen molar-refractivity contribution in [1.29, 1.82) is 0 Å². The molecule has 0 aromatic heterocycles. The van der Waals surface area contributed by atoms with E-state index >= 15 is 0 Å². The Labute approximate surface area is 170 Å². The zero-order valence-electron chi connectivity index (χ0n) is 15.0. The SMILES string of the molecule is Oc1ccc(-c2ccc(C(F)(F)C(F)(F)C(F)(F)C(F)(F)C(F)(F)C(F)(F)F)cc2)cc1. The first-order valence-electron chi connectivity index (χ1n) is 8.07. The summed E-state index contributed by atoms with van der Waals surface area (Å²) in [7, 11) is 0. The molecule has 2 aromatic rings. The molecule has 32 heavy (non-hydrogen) atoms. The van der Waals surface area contributed by atoms with Gasteiger partial charge in [0.25, 0.3) is 0 Å². The smallest absolute Gasteiger partial charge is 0.460 e. The normalized spacial score (nSPS) is 14.5. The Kier molecular flexibility index (Phi) is 5.95. The molecule has 0 saturated carbocycles. The highest BCUT2D eigenvalue weighted by molar-refractivity contribution is 5.64. The van der Waals surface area contributed by atoms with Crippen LogP contribution in [0.2, 0.25) is 0 Å². The van der Waals surface area contributed by atoms with E-state index in [4.69, 9.17) is 5.11 Å². The summed E-state index contributed by atoms with van der Waals surface area (Å²) < 4.78 is 172. The molecule has 2 rings (SSSR count). The van der Waals surface area contributed by atoms with E-state index in [2.05, 4.69) is 0 Å². The van der Waals surface area contributed by atoms with Crippen molar-refractivity contribution in [1.82, 2.24) is 0 Å². The van der Waals surface area contributed by atoms with E-state index in [1.165, 1.54) is 12.1 Å². The molecule has 14 heteroatoms. The second-order valence-electron chi connectivity index (χ2n) is 6.49. The van der Waals surface area contributed by atoms with Crippen LogP contribution in [-0.4, -0.2) is 35.0 Å². The van der Waals surface area contributed by atoms with Gasteiger partial charge in [-0.05, 0) is 23.3 Å². The lowest BCUT2D eigenvalue weighted by Crippen LogP contribution is -2.69. The van der Waals surface area contributed by atoms with Crippen LogP contribution in [-0.2, 0) is 5.92 Å². The minimum absolute atomic E-state index is 0.00596. The number of rotatable bonds is 6. The molecule has 1 N–H and O–H groups in total. The fraction of sp³-hybridized carbons (Fsp3) is 0.333. The summed E-state index contributed by atoms with van der Waals surface area (Å²) >= 11 is 0. The standard InChI is InChI=1S/C18H9F13O/c19-13(20,11-5-1-9(2-6-11)10-3-7-12(32)8-4-10)14(21,22)15(23,24)16(25,26)17(27,28)18(29,30)31/h1-8,32H. The Morgan fingerprint density at radius 2 is 0.781 bits per heavy atom. The van der Waals surface area contributed by atoms with Gasteiger partial charge in [0, 0.05) is 5.56 Å². The highest BCUT2D eigenvalue weighted by Gasteiger charge is 2.90. The Bertz CT molecular complexity index is 944. The van der Waals surface area contributed by atoms with Gasteiger partial charge in [-0.15, -0.1) is 0 Å². The molecule has 0 heterocycles. The van der Waals surface area contributed by atoms with Gasteiger partial charge in [0.2, 0.25) is 0 Å².